The third-order valence-electron chi connectivity index (χ3n) is 6.95. The highest BCUT2D eigenvalue weighted by molar-refractivity contribution is 5.85. The molecule has 1 aromatic carbocycles. The lowest BCUT2D eigenvalue weighted by Crippen LogP contribution is -2.47. The molecule has 196 valence electrons. The van der Waals surface area contributed by atoms with Gasteiger partial charge in [-0.1, -0.05) is 0 Å². The summed E-state index contributed by atoms with van der Waals surface area (Å²) in [6.07, 6.45) is 2.46. The molecule has 1 amide bonds. The van der Waals surface area contributed by atoms with E-state index in [4.69, 9.17) is 14.2 Å². The first-order valence-corrected chi connectivity index (χ1v) is 12.3. The van der Waals surface area contributed by atoms with Gasteiger partial charge in [-0.15, -0.1) is 0 Å². The number of hydrogen-bond acceptors (Lipinski definition) is 7. The first-order valence-electron chi connectivity index (χ1n) is 12.3. The Morgan fingerprint density at radius 1 is 1.22 bits per heavy atom. The number of amides is 1. The molecule has 10 nitrogen and oxygen atoms in total. The van der Waals surface area contributed by atoms with E-state index < -0.39 is 11.9 Å². The number of hydrogen-bond donors (Lipinski definition) is 2. The largest absolute Gasteiger partial charge is 0.496 e. The summed E-state index contributed by atoms with van der Waals surface area (Å²) in [6, 6.07) is 5.94. The van der Waals surface area contributed by atoms with Crippen LogP contribution in [-0.4, -0.2) is 77.0 Å². The maximum atomic E-state index is 13.8. The Hall–Kier alpha value is -3.86. The van der Waals surface area contributed by atoms with Crippen LogP contribution in [-0.2, 0) is 13.0 Å². The van der Waals surface area contributed by atoms with Crippen molar-refractivity contribution in [2.24, 2.45) is 0 Å². The number of aromatic nitrogens is 2. The zero-order valence-electron chi connectivity index (χ0n) is 20.5. The Bertz CT molecular complexity index is 1350. The number of methoxy groups -OCH3 is 1. The fourth-order valence-corrected chi connectivity index (χ4v) is 4.98. The lowest BCUT2D eigenvalue weighted by atomic mass is 10.0. The molecule has 2 N–H and O–H groups in total. The molecule has 2 aromatic heterocycles. The van der Waals surface area contributed by atoms with E-state index in [0.29, 0.717) is 91.5 Å². The van der Waals surface area contributed by atoms with Crippen molar-refractivity contribution in [1.29, 1.82) is 0 Å². The fraction of sp³-hybridized carbons (Fsp3) is 0.423. The number of carbonyl (C=O) groups is 1. The van der Waals surface area contributed by atoms with Gasteiger partial charge < -0.3 is 29.2 Å². The Labute approximate surface area is 212 Å². The molecule has 1 fully saturated rings. The minimum absolute atomic E-state index is 0.132. The summed E-state index contributed by atoms with van der Waals surface area (Å²) in [5.74, 6) is 1.05. The summed E-state index contributed by atoms with van der Waals surface area (Å²) in [7, 11) is 1.47. The van der Waals surface area contributed by atoms with Crippen molar-refractivity contribution in [1.82, 2.24) is 19.8 Å². The van der Waals surface area contributed by atoms with Crippen LogP contribution in [0.2, 0.25) is 0 Å². The van der Waals surface area contributed by atoms with E-state index in [1.165, 1.54) is 24.1 Å². The smallest absolute Gasteiger partial charge is 0.407 e. The van der Waals surface area contributed by atoms with Gasteiger partial charge in [0.1, 0.15) is 24.8 Å². The summed E-state index contributed by atoms with van der Waals surface area (Å²) in [5, 5.41) is 10.5. The number of piperidine rings is 1. The number of H-pyrrole nitrogens is 1. The summed E-state index contributed by atoms with van der Waals surface area (Å²) in [4.78, 5) is 35.4. The van der Waals surface area contributed by atoms with Crippen LogP contribution in [0, 0.1) is 5.82 Å². The van der Waals surface area contributed by atoms with Gasteiger partial charge in [0.15, 0.2) is 11.5 Å². The number of likely N-dealkylation sites (tertiary alicyclic amines) is 1. The summed E-state index contributed by atoms with van der Waals surface area (Å²) >= 11 is 0. The normalized spacial score (nSPS) is 16.1. The van der Waals surface area contributed by atoms with Gasteiger partial charge in [-0.05, 0) is 31.4 Å². The number of ether oxygens (including phenoxy) is 3. The monoisotopic (exact) mass is 512 g/mol. The molecule has 3 aromatic rings. The third-order valence-corrected chi connectivity index (χ3v) is 6.95. The van der Waals surface area contributed by atoms with Crippen molar-refractivity contribution in [2.75, 3.05) is 40.0 Å². The number of halogens is 1. The average molecular weight is 513 g/mol. The van der Waals surface area contributed by atoms with Gasteiger partial charge in [0.05, 0.1) is 31.1 Å². The molecule has 11 heteroatoms. The summed E-state index contributed by atoms with van der Waals surface area (Å²) in [6.45, 7) is 3.17. The van der Waals surface area contributed by atoms with Crippen LogP contribution >= 0.6 is 0 Å². The predicted molar refractivity (Wildman–Crippen MR) is 133 cm³/mol. The molecule has 0 radical (unpaired) electrons. The van der Waals surface area contributed by atoms with Gasteiger partial charge in [0.2, 0.25) is 0 Å². The van der Waals surface area contributed by atoms with Crippen LogP contribution in [0.5, 0.6) is 17.2 Å². The van der Waals surface area contributed by atoms with E-state index in [9.17, 15) is 19.1 Å². The van der Waals surface area contributed by atoms with Gasteiger partial charge >= 0.3 is 6.09 Å². The van der Waals surface area contributed by atoms with E-state index in [0.717, 1.165) is 0 Å². The molecule has 0 bridgehead atoms. The van der Waals surface area contributed by atoms with Crippen molar-refractivity contribution in [2.45, 2.75) is 31.8 Å². The molecule has 1 saturated heterocycles. The van der Waals surface area contributed by atoms with Gasteiger partial charge in [-0.3, -0.25) is 14.7 Å². The molecule has 0 saturated carbocycles. The first-order chi connectivity index (χ1) is 17.9. The Morgan fingerprint density at radius 2 is 1.97 bits per heavy atom. The van der Waals surface area contributed by atoms with Crippen LogP contribution in [0.1, 0.15) is 24.1 Å². The molecule has 5 rings (SSSR count). The molecule has 2 aliphatic heterocycles. The zero-order valence-corrected chi connectivity index (χ0v) is 20.5. The number of pyridine rings is 2. The molecule has 0 aliphatic carbocycles. The first kappa shape index (κ1) is 24.8. The maximum Gasteiger partial charge on any atom is 0.407 e. The lowest BCUT2D eigenvalue weighted by molar-refractivity contribution is 0.0860. The number of carboxylic acid groups (broad SMARTS) is 1. The minimum atomic E-state index is -0.983. The number of fused-ring (bicyclic) bond motifs is 2. The van der Waals surface area contributed by atoms with E-state index >= 15 is 0 Å². The van der Waals surface area contributed by atoms with E-state index in [2.05, 4.69) is 14.9 Å². The van der Waals surface area contributed by atoms with Crippen LogP contribution < -0.4 is 19.8 Å². The van der Waals surface area contributed by atoms with Crippen molar-refractivity contribution in [3.8, 4) is 17.2 Å². The fourth-order valence-electron chi connectivity index (χ4n) is 4.98. The zero-order chi connectivity index (χ0) is 25.9. The highest BCUT2D eigenvalue weighted by atomic mass is 19.1. The Morgan fingerprint density at radius 3 is 2.70 bits per heavy atom. The second-order valence-electron chi connectivity index (χ2n) is 9.25. The Kier molecular flexibility index (Phi) is 7.13. The summed E-state index contributed by atoms with van der Waals surface area (Å²) < 4.78 is 30.1. The molecule has 2 aliphatic rings. The standard InChI is InChI=1S/C26H29FN4O6/c1-35-22-12-17(27)11-21-20(22)10-16(25(32)29-21)2-5-30-6-3-19(4-7-30)31(26(33)34)15-18-13-23-24(14-28-18)37-9-8-36-23/h10-14,19H,2-9,15H2,1H3,(H,29,32)(H,33,34). The molecule has 0 unspecified atom stereocenters. The predicted octanol–water partition coefficient (Wildman–Crippen LogP) is 3.03. The van der Waals surface area contributed by atoms with E-state index in [-0.39, 0.29) is 18.1 Å². The lowest BCUT2D eigenvalue weighted by Gasteiger charge is -2.37. The number of benzene rings is 1. The van der Waals surface area contributed by atoms with E-state index in [1.54, 1.807) is 18.3 Å². The number of rotatable bonds is 7. The molecule has 37 heavy (non-hydrogen) atoms. The SMILES string of the molecule is COc1cc(F)cc2[nH]c(=O)c(CCN3CCC(N(Cc4cc5c(cn4)OCCO5)C(=O)O)CC3)cc12. The second kappa shape index (κ2) is 10.6. The number of aromatic amines is 1. The highest BCUT2D eigenvalue weighted by Gasteiger charge is 2.29. The Balaban J connectivity index is 1.20. The van der Waals surface area contributed by atoms with Gasteiger partial charge in [-0.25, -0.2) is 9.18 Å². The van der Waals surface area contributed by atoms with Crippen molar-refractivity contribution >= 4 is 17.0 Å². The number of nitrogens with zero attached hydrogens (tertiary/aromatic N) is 3. The van der Waals surface area contributed by atoms with Crippen molar-refractivity contribution < 1.29 is 28.5 Å². The number of nitrogens with one attached hydrogen (secondary N) is 1. The minimum Gasteiger partial charge on any atom is -0.496 e. The van der Waals surface area contributed by atoms with Crippen LogP contribution in [0.15, 0.2) is 35.3 Å². The quantitative estimate of drug-likeness (QED) is 0.496. The second-order valence-corrected chi connectivity index (χ2v) is 9.25. The van der Waals surface area contributed by atoms with Crippen LogP contribution in [0.4, 0.5) is 9.18 Å². The van der Waals surface area contributed by atoms with Crippen LogP contribution in [0.25, 0.3) is 10.9 Å². The van der Waals surface area contributed by atoms with Crippen molar-refractivity contribution in [3.63, 3.8) is 0 Å². The topological polar surface area (TPSA) is 117 Å². The van der Waals surface area contributed by atoms with Gasteiger partial charge in [0, 0.05) is 48.8 Å². The van der Waals surface area contributed by atoms with Crippen LogP contribution in [0.3, 0.4) is 0 Å². The van der Waals surface area contributed by atoms with Gasteiger partial charge in [-0.2, -0.15) is 0 Å². The maximum absolute atomic E-state index is 13.8. The highest BCUT2D eigenvalue weighted by Crippen LogP contribution is 2.30. The molecular weight excluding hydrogens is 483 g/mol. The third kappa shape index (κ3) is 5.46. The molecule has 0 spiro atoms. The van der Waals surface area contributed by atoms with Gasteiger partial charge in [0.25, 0.3) is 5.56 Å². The molecule has 4 heterocycles. The summed E-state index contributed by atoms with van der Waals surface area (Å²) in [5.41, 5.74) is 1.35. The van der Waals surface area contributed by atoms with Crippen molar-refractivity contribution in [3.05, 3.63) is 57.9 Å². The van der Waals surface area contributed by atoms with E-state index in [1.807, 2.05) is 0 Å². The molecule has 0 atom stereocenters. The molecular formula is C26H29FN4O6. The average Bonchev–Trinajstić information content (AvgIpc) is 2.90.